The zero-order valence-electron chi connectivity index (χ0n) is 12.1. The third kappa shape index (κ3) is 3.18. The van der Waals surface area contributed by atoms with E-state index in [1.165, 1.54) is 5.56 Å². The fourth-order valence-corrected chi connectivity index (χ4v) is 2.88. The molecule has 1 amide bonds. The van der Waals surface area contributed by atoms with Crippen LogP contribution in [0.3, 0.4) is 0 Å². The predicted octanol–water partition coefficient (Wildman–Crippen LogP) is 2.64. The summed E-state index contributed by atoms with van der Waals surface area (Å²) in [5, 5.41) is 9.00. The Balaban J connectivity index is 2.36. The highest BCUT2D eigenvalue weighted by molar-refractivity contribution is 5.92. The molecule has 1 aliphatic rings. The van der Waals surface area contributed by atoms with Crippen LogP contribution in [0.1, 0.15) is 37.8 Å². The molecule has 2 rings (SSSR count). The van der Waals surface area contributed by atoms with Crippen LogP contribution in [0.25, 0.3) is 0 Å². The first-order valence-electron chi connectivity index (χ1n) is 7.13. The van der Waals surface area contributed by atoms with Crippen molar-refractivity contribution in [2.24, 2.45) is 5.92 Å². The number of nitrogens with zero attached hydrogens (tertiary/aromatic N) is 1. The number of carboxylic acids is 1. The molecule has 4 heteroatoms. The topological polar surface area (TPSA) is 57.6 Å². The highest BCUT2D eigenvalue weighted by atomic mass is 16.4. The van der Waals surface area contributed by atoms with Gasteiger partial charge in [-0.15, -0.1) is 0 Å². The van der Waals surface area contributed by atoms with E-state index in [1.54, 1.807) is 11.8 Å². The van der Waals surface area contributed by atoms with Gasteiger partial charge in [0.25, 0.3) is 0 Å². The van der Waals surface area contributed by atoms with Crippen LogP contribution < -0.4 is 4.90 Å². The van der Waals surface area contributed by atoms with E-state index in [1.807, 2.05) is 12.1 Å². The third-order valence-electron chi connectivity index (χ3n) is 3.96. The second-order valence-corrected chi connectivity index (χ2v) is 5.44. The van der Waals surface area contributed by atoms with E-state index in [2.05, 4.69) is 13.0 Å². The van der Waals surface area contributed by atoms with Gasteiger partial charge in [0.15, 0.2) is 0 Å². The number of anilines is 1. The summed E-state index contributed by atoms with van der Waals surface area (Å²) in [4.78, 5) is 24.5. The van der Waals surface area contributed by atoms with Crippen LogP contribution in [0.2, 0.25) is 0 Å². The van der Waals surface area contributed by atoms with Crippen LogP contribution in [-0.2, 0) is 22.4 Å². The van der Waals surface area contributed by atoms with Crippen molar-refractivity contribution in [1.82, 2.24) is 0 Å². The number of fused-ring (bicyclic) bond motifs is 1. The summed E-state index contributed by atoms with van der Waals surface area (Å²) in [7, 11) is 0. The van der Waals surface area contributed by atoms with Crippen LogP contribution in [0.15, 0.2) is 18.2 Å². The molecule has 1 heterocycles. The van der Waals surface area contributed by atoms with E-state index in [-0.39, 0.29) is 18.2 Å². The van der Waals surface area contributed by atoms with Crippen LogP contribution in [0.4, 0.5) is 5.69 Å². The van der Waals surface area contributed by atoms with Gasteiger partial charge in [-0.25, -0.2) is 0 Å². The maximum atomic E-state index is 11.8. The first-order chi connectivity index (χ1) is 9.51. The molecule has 0 saturated heterocycles. The molecule has 20 heavy (non-hydrogen) atoms. The molecule has 0 fully saturated rings. The normalized spacial score (nSPS) is 18.3. The lowest BCUT2D eigenvalue weighted by atomic mass is 9.93. The van der Waals surface area contributed by atoms with Crippen molar-refractivity contribution in [3.05, 3.63) is 29.3 Å². The van der Waals surface area contributed by atoms with Gasteiger partial charge in [0.2, 0.25) is 5.91 Å². The lowest BCUT2D eigenvalue weighted by Crippen LogP contribution is -2.29. The molecule has 0 saturated carbocycles. The lowest BCUT2D eigenvalue weighted by molar-refractivity contribution is -0.138. The molecule has 1 N–H and O–H groups in total. The number of benzene rings is 1. The largest absolute Gasteiger partial charge is 0.481 e. The minimum absolute atomic E-state index is 0.0199. The van der Waals surface area contributed by atoms with Gasteiger partial charge < -0.3 is 10.0 Å². The maximum Gasteiger partial charge on any atom is 0.303 e. The molecule has 1 atom stereocenters. The maximum absolute atomic E-state index is 11.8. The summed E-state index contributed by atoms with van der Waals surface area (Å²) in [6.07, 6.45) is 2.58. The molecule has 0 radical (unpaired) electrons. The SMILES string of the molecule is CCc1ccc2c(c1)CC(CC(=O)O)CCN2C(C)=O. The molecular formula is C16H21NO3. The second kappa shape index (κ2) is 6.07. The van der Waals surface area contributed by atoms with E-state index >= 15 is 0 Å². The number of aryl methyl sites for hydroxylation is 1. The third-order valence-corrected chi connectivity index (χ3v) is 3.96. The zero-order valence-corrected chi connectivity index (χ0v) is 12.1. The number of hydrogen-bond donors (Lipinski definition) is 1. The van der Waals surface area contributed by atoms with Crippen molar-refractivity contribution in [1.29, 1.82) is 0 Å². The van der Waals surface area contributed by atoms with Gasteiger partial charge in [-0.05, 0) is 42.4 Å². The van der Waals surface area contributed by atoms with E-state index in [4.69, 9.17) is 5.11 Å². The quantitative estimate of drug-likeness (QED) is 0.922. The van der Waals surface area contributed by atoms with Crippen molar-refractivity contribution < 1.29 is 14.7 Å². The van der Waals surface area contributed by atoms with Gasteiger partial charge in [0.1, 0.15) is 0 Å². The summed E-state index contributed by atoms with van der Waals surface area (Å²) in [6, 6.07) is 6.16. The molecule has 1 aliphatic heterocycles. The second-order valence-electron chi connectivity index (χ2n) is 5.44. The Morgan fingerprint density at radius 3 is 2.75 bits per heavy atom. The van der Waals surface area contributed by atoms with Crippen molar-refractivity contribution in [2.75, 3.05) is 11.4 Å². The van der Waals surface area contributed by atoms with Crippen LogP contribution in [0, 0.1) is 5.92 Å². The molecule has 1 aromatic rings. The van der Waals surface area contributed by atoms with Gasteiger partial charge in [-0.2, -0.15) is 0 Å². The summed E-state index contributed by atoms with van der Waals surface area (Å²) in [5.41, 5.74) is 3.27. The summed E-state index contributed by atoms with van der Waals surface area (Å²) in [5.74, 6) is -0.645. The average Bonchev–Trinajstić information content (AvgIpc) is 2.55. The standard InChI is InChI=1S/C16H21NO3/c1-3-12-4-5-15-14(8-12)9-13(10-16(19)20)6-7-17(15)11(2)18/h4-5,8,13H,3,6-7,9-10H2,1-2H3,(H,19,20). The molecule has 4 nitrogen and oxygen atoms in total. The Hall–Kier alpha value is -1.84. The number of aliphatic carboxylic acids is 1. The molecule has 1 unspecified atom stereocenters. The Kier molecular flexibility index (Phi) is 4.42. The predicted molar refractivity (Wildman–Crippen MR) is 77.9 cm³/mol. The van der Waals surface area contributed by atoms with E-state index < -0.39 is 5.97 Å². The first kappa shape index (κ1) is 14.6. The van der Waals surface area contributed by atoms with Gasteiger partial charge in [-0.3, -0.25) is 9.59 Å². The van der Waals surface area contributed by atoms with E-state index in [0.29, 0.717) is 6.54 Å². The highest BCUT2D eigenvalue weighted by Gasteiger charge is 2.25. The Labute approximate surface area is 119 Å². The van der Waals surface area contributed by atoms with Crippen LogP contribution in [0.5, 0.6) is 0 Å². The Bertz CT molecular complexity index is 524. The van der Waals surface area contributed by atoms with Crippen LogP contribution >= 0.6 is 0 Å². The molecular weight excluding hydrogens is 254 g/mol. The first-order valence-corrected chi connectivity index (χ1v) is 7.13. The number of carboxylic acid groups (broad SMARTS) is 1. The fraction of sp³-hybridized carbons (Fsp3) is 0.500. The number of amides is 1. The van der Waals surface area contributed by atoms with E-state index in [0.717, 1.165) is 30.5 Å². The monoisotopic (exact) mass is 275 g/mol. The molecule has 0 aliphatic carbocycles. The number of carbonyl (C=O) groups excluding carboxylic acids is 1. The van der Waals surface area contributed by atoms with Crippen molar-refractivity contribution in [3.63, 3.8) is 0 Å². The zero-order chi connectivity index (χ0) is 14.7. The lowest BCUT2D eigenvalue weighted by Gasteiger charge is -2.21. The minimum Gasteiger partial charge on any atom is -0.481 e. The minimum atomic E-state index is -0.764. The van der Waals surface area contributed by atoms with E-state index in [9.17, 15) is 9.59 Å². The molecule has 1 aromatic carbocycles. The van der Waals surface area contributed by atoms with Gasteiger partial charge in [-0.1, -0.05) is 19.1 Å². The number of hydrogen-bond acceptors (Lipinski definition) is 2. The van der Waals surface area contributed by atoms with Crippen molar-refractivity contribution >= 4 is 17.6 Å². The molecule has 0 aromatic heterocycles. The van der Waals surface area contributed by atoms with Crippen molar-refractivity contribution in [3.8, 4) is 0 Å². The van der Waals surface area contributed by atoms with Crippen LogP contribution in [-0.4, -0.2) is 23.5 Å². The fourth-order valence-electron chi connectivity index (χ4n) is 2.88. The Morgan fingerprint density at radius 1 is 1.40 bits per heavy atom. The summed E-state index contributed by atoms with van der Waals surface area (Å²) < 4.78 is 0. The average molecular weight is 275 g/mol. The number of carbonyl (C=O) groups is 2. The molecule has 0 bridgehead atoms. The smallest absolute Gasteiger partial charge is 0.303 e. The van der Waals surface area contributed by atoms with Crippen molar-refractivity contribution in [2.45, 2.75) is 39.5 Å². The van der Waals surface area contributed by atoms with Gasteiger partial charge >= 0.3 is 5.97 Å². The van der Waals surface area contributed by atoms with Gasteiger partial charge in [0.05, 0.1) is 0 Å². The highest BCUT2D eigenvalue weighted by Crippen LogP contribution is 2.31. The molecule has 0 spiro atoms. The molecule has 108 valence electrons. The Morgan fingerprint density at radius 2 is 2.15 bits per heavy atom. The van der Waals surface area contributed by atoms with Gasteiger partial charge in [0, 0.05) is 25.6 Å². The summed E-state index contributed by atoms with van der Waals surface area (Å²) in [6.45, 7) is 4.26. The summed E-state index contributed by atoms with van der Waals surface area (Å²) >= 11 is 0. The number of rotatable bonds is 3.